The highest BCUT2D eigenvalue weighted by molar-refractivity contribution is 5.04. The average molecular weight is 168 g/mol. The van der Waals surface area contributed by atoms with E-state index in [4.69, 9.17) is 0 Å². The standard InChI is InChI=1S/C11H20O/c1-9(2)10(3)11(12)7-5-4-6-8-11/h10,12H,1,4-8H2,2-3H3. The van der Waals surface area contributed by atoms with E-state index in [0.29, 0.717) is 0 Å². The minimum Gasteiger partial charge on any atom is -0.389 e. The molecule has 1 rings (SSSR count). The van der Waals surface area contributed by atoms with Crippen LogP contribution in [0.1, 0.15) is 46.0 Å². The van der Waals surface area contributed by atoms with Gasteiger partial charge in [-0.05, 0) is 19.8 Å². The fraction of sp³-hybridized carbons (Fsp3) is 0.818. The predicted octanol–water partition coefficient (Wildman–Crippen LogP) is 2.89. The molecule has 0 heterocycles. The molecule has 0 radical (unpaired) electrons. The van der Waals surface area contributed by atoms with Gasteiger partial charge < -0.3 is 5.11 Å². The lowest BCUT2D eigenvalue weighted by molar-refractivity contribution is -0.0307. The third-order valence-corrected chi connectivity index (χ3v) is 3.26. The summed E-state index contributed by atoms with van der Waals surface area (Å²) >= 11 is 0. The van der Waals surface area contributed by atoms with E-state index in [9.17, 15) is 5.11 Å². The minimum absolute atomic E-state index is 0.262. The fourth-order valence-corrected chi connectivity index (χ4v) is 2.06. The molecule has 1 aliphatic rings. The first-order chi connectivity index (χ1) is 5.56. The Hall–Kier alpha value is -0.300. The Kier molecular flexibility index (Phi) is 2.94. The Morgan fingerprint density at radius 1 is 1.33 bits per heavy atom. The van der Waals surface area contributed by atoms with Gasteiger partial charge in [-0.15, -0.1) is 0 Å². The van der Waals surface area contributed by atoms with E-state index in [1.165, 1.54) is 19.3 Å². The van der Waals surface area contributed by atoms with Crippen molar-refractivity contribution < 1.29 is 5.11 Å². The number of hydrogen-bond acceptors (Lipinski definition) is 1. The van der Waals surface area contributed by atoms with Gasteiger partial charge in [-0.2, -0.15) is 0 Å². The molecule has 0 amide bonds. The highest BCUT2D eigenvalue weighted by Gasteiger charge is 2.34. The second-order valence-corrected chi connectivity index (χ2v) is 4.23. The molecule has 0 bridgehead atoms. The Balaban J connectivity index is 2.62. The molecule has 12 heavy (non-hydrogen) atoms. The molecule has 1 N–H and O–H groups in total. The molecule has 0 saturated heterocycles. The van der Waals surface area contributed by atoms with Crippen LogP contribution in [0, 0.1) is 5.92 Å². The van der Waals surface area contributed by atoms with Gasteiger partial charge in [0.15, 0.2) is 0 Å². The van der Waals surface area contributed by atoms with Gasteiger partial charge >= 0.3 is 0 Å². The third kappa shape index (κ3) is 1.89. The Labute approximate surface area is 75.5 Å². The van der Waals surface area contributed by atoms with Crippen LogP contribution in [0.2, 0.25) is 0 Å². The maximum Gasteiger partial charge on any atom is 0.0709 e. The van der Waals surface area contributed by atoms with Crippen molar-refractivity contribution in [2.75, 3.05) is 0 Å². The van der Waals surface area contributed by atoms with E-state index in [-0.39, 0.29) is 5.92 Å². The molecule has 0 aromatic heterocycles. The lowest BCUT2D eigenvalue weighted by atomic mass is 9.74. The number of aliphatic hydroxyl groups is 1. The molecule has 1 atom stereocenters. The SMILES string of the molecule is C=C(C)C(C)C1(O)CCCCC1. The molecular weight excluding hydrogens is 148 g/mol. The zero-order chi connectivity index (χ0) is 9.19. The largest absolute Gasteiger partial charge is 0.389 e. The first-order valence-electron chi connectivity index (χ1n) is 4.94. The summed E-state index contributed by atoms with van der Waals surface area (Å²) in [7, 11) is 0. The van der Waals surface area contributed by atoms with Gasteiger partial charge in [0.25, 0.3) is 0 Å². The van der Waals surface area contributed by atoms with Crippen molar-refractivity contribution in [3.05, 3.63) is 12.2 Å². The minimum atomic E-state index is -0.440. The van der Waals surface area contributed by atoms with E-state index in [1.54, 1.807) is 0 Å². The van der Waals surface area contributed by atoms with Crippen molar-refractivity contribution in [1.29, 1.82) is 0 Å². The first kappa shape index (κ1) is 9.79. The van der Waals surface area contributed by atoms with Gasteiger partial charge in [0.1, 0.15) is 0 Å². The molecule has 0 aromatic carbocycles. The van der Waals surface area contributed by atoms with E-state index in [0.717, 1.165) is 18.4 Å². The van der Waals surface area contributed by atoms with E-state index < -0.39 is 5.60 Å². The summed E-state index contributed by atoms with van der Waals surface area (Å²) in [4.78, 5) is 0. The molecule has 1 nitrogen and oxygen atoms in total. The molecule has 1 saturated carbocycles. The van der Waals surface area contributed by atoms with Crippen molar-refractivity contribution >= 4 is 0 Å². The van der Waals surface area contributed by atoms with E-state index >= 15 is 0 Å². The zero-order valence-corrected chi connectivity index (χ0v) is 8.27. The Morgan fingerprint density at radius 2 is 1.83 bits per heavy atom. The first-order valence-corrected chi connectivity index (χ1v) is 4.94. The molecule has 1 aliphatic carbocycles. The van der Waals surface area contributed by atoms with Crippen LogP contribution >= 0.6 is 0 Å². The van der Waals surface area contributed by atoms with Crippen LogP contribution in [0.25, 0.3) is 0 Å². The predicted molar refractivity (Wildman–Crippen MR) is 52.0 cm³/mol. The molecule has 0 aliphatic heterocycles. The summed E-state index contributed by atoms with van der Waals surface area (Å²) in [6.07, 6.45) is 5.55. The van der Waals surface area contributed by atoms with Crippen LogP contribution in [0.5, 0.6) is 0 Å². The molecular formula is C11H20O. The lowest BCUT2D eigenvalue weighted by Crippen LogP contribution is -2.38. The fourth-order valence-electron chi connectivity index (χ4n) is 2.06. The summed E-state index contributed by atoms with van der Waals surface area (Å²) < 4.78 is 0. The van der Waals surface area contributed by atoms with Crippen LogP contribution in [0.3, 0.4) is 0 Å². The van der Waals surface area contributed by atoms with Crippen LogP contribution in [-0.2, 0) is 0 Å². The summed E-state index contributed by atoms with van der Waals surface area (Å²) in [5.74, 6) is 0.262. The third-order valence-electron chi connectivity index (χ3n) is 3.26. The summed E-state index contributed by atoms with van der Waals surface area (Å²) in [5.41, 5.74) is 0.670. The summed E-state index contributed by atoms with van der Waals surface area (Å²) in [6, 6.07) is 0. The lowest BCUT2D eigenvalue weighted by Gasteiger charge is -2.37. The van der Waals surface area contributed by atoms with Crippen molar-refractivity contribution in [2.24, 2.45) is 5.92 Å². The smallest absolute Gasteiger partial charge is 0.0709 e. The van der Waals surface area contributed by atoms with E-state index in [1.807, 2.05) is 6.92 Å². The van der Waals surface area contributed by atoms with Crippen molar-refractivity contribution in [3.63, 3.8) is 0 Å². The van der Waals surface area contributed by atoms with Crippen molar-refractivity contribution in [3.8, 4) is 0 Å². The highest BCUT2D eigenvalue weighted by Crippen LogP contribution is 2.36. The van der Waals surface area contributed by atoms with Crippen LogP contribution in [0.4, 0.5) is 0 Å². The topological polar surface area (TPSA) is 20.2 Å². The maximum atomic E-state index is 10.2. The molecule has 1 unspecified atom stereocenters. The van der Waals surface area contributed by atoms with Crippen molar-refractivity contribution in [1.82, 2.24) is 0 Å². The van der Waals surface area contributed by atoms with Gasteiger partial charge in [-0.3, -0.25) is 0 Å². The van der Waals surface area contributed by atoms with Gasteiger partial charge in [0, 0.05) is 5.92 Å². The second kappa shape index (κ2) is 3.61. The quantitative estimate of drug-likeness (QED) is 0.629. The van der Waals surface area contributed by atoms with E-state index in [2.05, 4.69) is 13.5 Å². The zero-order valence-electron chi connectivity index (χ0n) is 8.27. The van der Waals surface area contributed by atoms with Crippen LogP contribution in [-0.4, -0.2) is 10.7 Å². The van der Waals surface area contributed by atoms with Crippen molar-refractivity contribution in [2.45, 2.75) is 51.6 Å². The van der Waals surface area contributed by atoms with Crippen LogP contribution in [0.15, 0.2) is 12.2 Å². The Morgan fingerprint density at radius 3 is 2.25 bits per heavy atom. The van der Waals surface area contributed by atoms with Gasteiger partial charge in [0.2, 0.25) is 0 Å². The molecule has 0 spiro atoms. The molecule has 1 heteroatoms. The second-order valence-electron chi connectivity index (χ2n) is 4.23. The average Bonchev–Trinajstić information content (AvgIpc) is 2.04. The molecule has 1 fully saturated rings. The van der Waals surface area contributed by atoms with Gasteiger partial charge in [-0.25, -0.2) is 0 Å². The van der Waals surface area contributed by atoms with Gasteiger partial charge in [-0.1, -0.05) is 38.3 Å². The number of hydrogen-bond donors (Lipinski definition) is 1. The molecule has 70 valence electrons. The molecule has 0 aromatic rings. The summed E-state index contributed by atoms with van der Waals surface area (Å²) in [6.45, 7) is 8.02. The Bertz CT molecular complexity index is 166. The van der Waals surface area contributed by atoms with Gasteiger partial charge in [0.05, 0.1) is 5.60 Å². The number of rotatable bonds is 2. The highest BCUT2D eigenvalue weighted by atomic mass is 16.3. The normalized spacial score (nSPS) is 24.9. The van der Waals surface area contributed by atoms with Crippen LogP contribution < -0.4 is 0 Å². The maximum absolute atomic E-state index is 10.2. The summed E-state index contributed by atoms with van der Waals surface area (Å²) in [5, 5.41) is 10.2. The monoisotopic (exact) mass is 168 g/mol.